The number of piperazine rings is 1. The topological polar surface area (TPSA) is 15.3 Å². The summed E-state index contributed by atoms with van der Waals surface area (Å²) in [7, 11) is 0. The molecule has 2 rings (SSSR count). The first-order chi connectivity index (χ1) is 7.67. The van der Waals surface area contributed by atoms with Gasteiger partial charge in [0, 0.05) is 24.7 Å². The monoisotopic (exact) mass is 224 g/mol. The van der Waals surface area contributed by atoms with Crippen molar-refractivity contribution in [1.29, 1.82) is 0 Å². The van der Waals surface area contributed by atoms with Gasteiger partial charge in [-0.3, -0.25) is 4.90 Å². The van der Waals surface area contributed by atoms with Crippen LogP contribution in [0.5, 0.6) is 0 Å². The van der Waals surface area contributed by atoms with Gasteiger partial charge in [-0.2, -0.15) is 0 Å². The lowest BCUT2D eigenvalue weighted by Crippen LogP contribution is -2.64. The van der Waals surface area contributed by atoms with E-state index in [1.165, 1.54) is 51.7 Å². The van der Waals surface area contributed by atoms with Gasteiger partial charge in [-0.25, -0.2) is 0 Å². The van der Waals surface area contributed by atoms with E-state index in [1.807, 2.05) is 0 Å². The predicted molar refractivity (Wildman–Crippen MR) is 69.7 cm³/mol. The van der Waals surface area contributed by atoms with Gasteiger partial charge in [0.2, 0.25) is 0 Å². The normalized spacial score (nSPS) is 30.4. The van der Waals surface area contributed by atoms with E-state index >= 15 is 0 Å². The van der Waals surface area contributed by atoms with E-state index in [4.69, 9.17) is 0 Å². The van der Waals surface area contributed by atoms with Crippen molar-refractivity contribution in [2.45, 2.75) is 64.5 Å². The molecule has 0 radical (unpaired) electrons. The van der Waals surface area contributed by atoms with E-state index in [1.54, 1.807) is 0 Å². The summed E-state index contributed by atoms with van der Waals surface area (Å²) in [6.45, 7) is 10.8. The highest BCUT2D eigenvalue weighted by atomic mass is 15.3. The van der Waals surface area contributed by atoms with Crippen molar-refractivity contribution < 1.29 is 0 Å². The third-order valence-corrected chi connectivity index (χ3v) is 4.50. The van der Waals surface area contributed by atoms with Crippen LogP contribution in [-0.4, -0.2) is 36.1 Å². The van der Waals surface area contributed by atoms with Crippen molar-refractivity contribution in [3.8, 4) is 0 Å². The largest absolute Gasteiger partial charge is 0.308 e. The van der Waals surface area contributed by atoms with E-state index in [9.17, 15) is 0 Å². The summed E-state index contributed by atoms with van der Waals surface area (Å²) in [5.74, 6) is 0.776. The third-order valence-electron chi connectivity index (χ3n) is 4.50. The molecule has 1 spiro atoms. The highest BCUT2D eigenvalue weighted by Crippen LogP contribution is 2.34. The van der Waals surface area contributed by atoms with E-state index < -0.39 is 0 Å². The van der Waals surface area contributed by atoms with Crippen LogP contribution in [0.1, 0.15) is 52.9 Å². The molecule has 1 aliphatic heterocycles. The molecule has 1 heterocycles. The fourth-order valence-electron chi connectivity index (χ4n) is 3.59. The zero-order chi connectivity index (χ0) is 11.6. The van der Waals surface area contributed by atoms with Gasteiger partial charge in [0.1, 0.15) is 0 Å². The van der Waals surface area contributed by atoms with Gasteiger partial charge in [0.05, 0.1) is 0 Å². The molecule has 1 N–H and O–H groups in total. The molecule has 16 heavy (non-hydrogen) atoms. The van der Waals surface area contributed by atoms with Crippen LogP contribution in [0.25, 0.3) is 0 Å². The van der Waals surface area contributed by atoms with Crippen LogP contribution in [0.15, 0.2) is 0 Å². The zero-order valence-electron chi connectivity index (χ0n) is 11.3. The highest BCUT2D eigenvalue weighted by molar-refractivity contribution is 5.01. The Kier molecular flexibility index (Phi) is 3.91. The maximum Gasteiger partial charge on any atom is 0.0309 e. The summed E-state index contributed by atoms with van der Waals surface area (Å²) in [6.07, 6.45) is 6.95. The van der Waals surface area contributed by atoms with Crippen molar-refractivity contribution in [2.24, 2.45) is 5.92 Å². The summed E-state index contributed by atoms with van der Waals surface area (Å²) in [5, 5.41) is 3.87. The first-order valence-electron chi connectivity index (χ1n) is 7.16. The molecule has 1 aliphatic carbocycles. The Labute approximate surface area is 101 Å². The van der Waals surface area contributed by atoms with Crippen LogP contribution in [0.3, 0.4) is 0 Å². The number of nitrogens with zero attached hydrogens (tertiary/aromatic N) is 1. The quantitative estimate of drug-likeness (QED) is 0.793. The average Bonchev–Trinajstić information content (AvgIpc) is 2.66. The Morgan fingerprint density at radius 3 is 2.56 bits per heavy atom. The smallest absolute Gasteiger partial charge is 0.0309 e. The Bertz CT molecular complexity index is 219. The number of hydrogen-bond acceptors (Lipinski definition) is 2. The molecule has 2 nitrogen and oxygen atoms in total. The minimum Gasteiger partial charge on any atom is -0.308 e. The summed E-state index contributed by atoms with van der Waals surface area (Å²) in [6, 6.07) is 0.756. The molecule has 0 aromatic carbocycles. The maximum atomic E-state index is 3.87. The Balaban J connectivity index is 2.02. The first-order valence-corrected chi connectivity index (χ1v) is 7.16. The van der Waals surface area contributed by atoms with Gasteiger partial charge in [-0.05, 0) is 31.7 Å². The lowest BCUT2D eigenvalue weighted by Gasteiger charge is -2.48. The van der Waals surface area contributed by atoms with Crippen LogP contribution in [0.4, 0.5) is 0 Å². The number of hydrogen-bond donors (Lipinski definition) is 1. The number of nitrogens with one attached hydrogen (secondary N) is 1. The molecule has 2 aliphatic rings. The molecule has 0 aromatic heterocycles. The van der Waals surface area contributed by atoms with Gasteiger partial charge < -0.3 is 5.32 Å². The summed E-state index contributed by atoms with van der Waals surface area (Å²) >= 11 is 0. The van der Waals surface area contributed by atoms with Crippen LogP contribution < -0.4 is 5.32 Å². The molecule has 0 aromatic rings. The predicted octanol–water partition coefficient (Wildman–Crippen LogP) is 2.64. The van der Waals surface area contributed by atoms with Gasteiger partial charge in [-0.1, -0.05) is 33.6 Å². The average molecular weight is 224 g/mol. The van der Waals surface area contributed by atoms with Gasteiger partial charge in [-0.15, -0.1) is 0 Å². The molecule has 0 bridgehead atoms. The van der Waals surface area contributed by atoms with Crippen LogP contribution in [0, 0.1) is 5.92 Å². The third kappa shape index (κ3) is 2.43. The molecule has 0 amide bonds. The maximum absolute atomic E-state index is 3.87. The van der Waals surface area contributed by atoms with Crippen molar-refractivity contribution in [1.82, 2.24) is 10.2 Å². The molecule has 1 saturated heterocycles. The summed E-state index contributed by atoms with van der Waals surface area (Å²) in [5.41, 5.74) is 0.487. The van der Waals surface area contributed by atoms with Crippen LogP contribution >= 0.6 is 0 Å². The standard InChI is InChI=1S/C14H28N2/c1-4-9-16-11-14(7-5-6-8-14)15-10-13(16)12(2)3/h12-13,15H,4-11H2,1-3H3. The first kappa shape index (κ1) is 12.4. The Hall–Kier alpha value is -0.0800. The van der Waals surface area contributed by atoms with Gasteiger partial charge in [0.25, 0.3) is 0 Å². The lowest BCUT2D eigenvalue weighted by molar-refractivity contribution is 0.0572. The molecule has 1 unspecified atom stereocenters. The minimum atomic E-state index is 0.487. The molecule has 1 atom stereocenters. The Morgan fingerprint density at radius 2 is 2.00 bits per heavy atom. The van der Waals surface area contributed by atoms with Gasteiger partial charge in [0.15, 0.2) is 0 Å². The van der Waals surface area contributed by atoms with Crippen molar-refractivity contribution in [2.75, 3.05) is 19.6 Å². The molecule has 1 saturated carbocycles. The molecule has 2 fully saturated rings. The number of rotatable bonds is 3. The molecular formula is C14H28N2. The molecule has 94 valence electrons. The van der Waals surface area contributed by atoms with Crippen LogP contribution in [-0.2, 0) is 0 Å². The zero-order valence-corrected chi connectivity index (χ0v) is 11.3. The second-order valence-electron chi connectivity index (χ2n) is 6.15. The van der Waals surface area contributed by atoms with E-state index in [-0.39, 0.29) is 0 Å². The van der Waals surface area contributed by atoms with E-state index in [2.05, 4.69) is 31.0 Å². The molecule has 2 heteroatoms. The second kappa shape index (κ2) is 5.05. The Morgan fingerprint density at radius 1 is 1.31 bits per heavy atom. The fraction of sp³-hybridized carbons (Fsp3) is 1.00. The van der Waals surface area contributed by atoms with Crippen molar-refractivity contribution in [3.63, 3.8) is 0 Å². The minimum absolute atomic E-state index is 0.487. The van der Waals surface area contributed by atoms with Crippen LogP contribution in [0.2, 0.25) is 0 Å². The van der Waals surface area contributed by atoms with Gasteiger partial charge >= 0.3 is 0 Å². The highest BCUT2D eigenvalue weighted by Gasteiger charge is 2.41. The molecular weight excluding hydrogens is 196 g/mol. The lowest BCUT2D eigenvalue weighted by atomic mass is 9.89. The van der Waals surface area contributed by atoms with Crippen molar-refractivity contribution in [3.05, 3.63) is 0 Å². The fourth-order valence-corrected chi connectivity index (χ4v) is 3.59. The van der Waals surface area contributed by atoms with E-state index in [0.717, 1.165) is 12.0 Å². The second-order valence-corrected chi connectivity index (χ2v) is 6.15. The van der Waals surface area contributed by atoms with E-state index in [0.29, 0.717) is 5.54 Å². The summed E-state index contributed by atoms with van der Waals surface area (Å²) < 4.78 is 0. The summed E-state index contributed by atoms with van der Waals surface area (Å²) in [4.78, 5) is 2.76. The van der Waals surface area contributed by atoms with Crippen molar-refractivity contribution >= 4 is 0 Å². The SMILES string of the molecule is CCCN1CC2(CCCC2)NCC1C(C)C.